The Morgan fingerprint density at radius 1 is 1.28 bits per heavy atom. The van der Waals surface area contributed by atoms with Crippen molar-refractivity contribution >= 4 is 21.7 Å². The van der Waals surface area contributed by atoms with Gasteiger partial charge >= 0.3 is 6.18 Å². The summed E-state index contributed by atoms with van der Waals surface area (Å²) in [4.78, 5) is 15.1. The van der Waals surface area contributed by atoms with Crippen LogP contribution in [0.3, 0.4) is 0 Å². The lowest BCUT2D eigenvalue weighted by molar-refractivity contribution is -0.141. The number of ether oxygens (including phenoxy) is 2. The first-order valence-electron chi connectivity index (χ1n) is 7.23. The van der Waals surface area contributed by atoms with Gasteiger partial charge in [0, 0.05) is 17.8 Å². The van der Waals surface area contributed by atoms with E-state index in [0.29, 0.717) is 22.6 Å². The SMILES string of the molecule is COc1cc(OCc2ccc(C(F)(F)F)nc2)ccc1C(=O)C(C)Br. The van der Waals surface area contributed by atoms with Crippen LogP contribution >= 0.6 is 15.9 Å². The number of carbonyl (C=O) groups is 1. The van der Waals surface area contributed by atoms with E-state index in [0.717, 1.165) is 12.3 Å². The highest BCUT2D eigenvalue weighted by Gasteiger charge is 2.32. The molecule has 2 aromatic rings. The van der Waals surface area contributed by atoms with Crippen molar-refractivity contribution < 1.29 is 27.4 Å². The topological polar surface area (TPSA) is 48.4 Å². The van der Waals surface area contributed by atoms with Crippen LogP contribution in [0.25, 0.3) is 0 Å². The van der Waals surface area contributed by atoms with Crippen molar-refractivity contribution in [1.29, 1.82) is 0 Å². The molecule has 0 bridgehead atoms. The lowest BCUT2D eigenvalue weighted by atomic mass is 10.1. The van der Waals surface area contributed by atoms with Crippen LogP contribution < -0.4 is 9.47 Å². The fourth-order valence-electron chi connectivity index (χ4n) is 2.02. The Morgan fingerprint density at radius 2 is 2.00 bits per heavy atom. The Bertz CT molecular complexity index is 746. The molecule has 0 radical (unpaired) electrons. The van der Waals surface area contributed by atoms with Crippen LogP contribution in [0.5, 0.6) is 11.5 Å². The largest absolute Gasteiger partial charge is 0.496 e. The summed E-state index contributed by atoms with van der Waals surface area (Å²) in [6.07, 6.45) is -3.36. The van der Waals surface area contributed by atoms with Crippen molar-refractivity contribution in [3.05, 3.63) is 53.3 Å². The molecule has 1 atom stereocenters. The summed E-state index contributed by atoms with van der Waals surface area (Å²) in [5, 5.41) is 0. The van der Waals surface area contributed by atoms with E-state index in [1.807, 2.05) is 0 Å². The first kappa shape index (κ1) is 19.2. The zero-order chi connectivity index (χ0) is 18.6. The molecular weight excluding hydrogens is 403 g/mol. The molecule has 0 aliphatic rings. The molecule has 4 nitrogen and oxygen atoms in total. The molecule has 1 unspecified atom stereocenters. The highest BCUT2D eigenvalue weighted by molar-refractivity contribution is 9.10. The lowest BCUT2D eigenvalue weighted by Gasteiger charge is -2.12. The molecule has 1 aromatic heterocycles. The van der Waals surface area contributed by atoms with Crippen LogP contribution in [-0.2, 0) is 12.8 Å². The predicted molar refractivity (Wildman–Crippen MR) is 89.3 cm³/mol. The van der Waals surface area contributed by atoms with E-state index in [1.54, 1.807) is 25.1 Å². The molecule has 0 N–H and O–H groups in total. The zero-order valence-electron chi connectivity index (χ0n) is 13.4. The number of Topliss-reactive ketones (excluding diaryl/α,β-unsaturated/α-hetero) is 1. The van der Waals surface area contributed by atoms with Crippen LogP contribution in [0.2, 0.25) is 0 Å². The van der Waals surface area contributed by atoms with E-state index >= 15 is 0 Å². The molecule has 0 amide bonds. The van der Waals surface area contributed by atoms with Gasteiger partial charge in [0.1, 0.15) is 23.8 Å². The number of benzene rings is 1. The van der Waals surface area contributed by atoms with E-state index < -0.39 is 11.9 Å². The second kappa shape index (κ2) is 7.86. The van der Waals surface area contributed by atoms with Gasteiger partial charge in [0.2, 0.25) is 0 Å². The fourth-order valence-corrected chi connectivity index (χ4v) is 2.27. The number of nitrogens with zero attached hydrogens (tertiary/aromatic N) is 1. The van der Waals surface area contributed by atoms with Crippen molar-refractivity contribution in [3.63, 3.8) is 0 Å². The van der Waals surface area contributed by atoms with Gasteiger partial charge in [-0.05, 0) is 25.1 Å². The third-order valence-electron chi connectivity index (χ3n) is 3.32. The molecule has 0 fully saturated rings. The molecule has 0 aliphatic heterocycles. The smallest absolute Gasteiger partial charge is 0.433 e. The van der Waals surface area contributed by atoms with Crippen LogP contribution in [0.4, 0.5) is 13.2 Å². The van der Waals surface area contributed by atoms with Crippen LogP contribution in [0, 0.1) is 0 Å². The minimum Gasteiger partial charge on any atom is -0.496 e. The summed E-state index contributed by atoms with van der Waals surface area (Å²) in [5.74, 6) is 0.658. The zero-order valence-corrected chi connectivity index (χ0v) is 15.0. The average molecular weight is 418 g/mol. The third kappa shape index (κ3) is 4.94. The molecular formula is C17H15BrF3NO3. The van der Waals surface area contributed by atoms with Crippen molar-refractivity contribution in [2.24, 2.45) is 0 Å². The van der Waals surface area contributed by atoms with E-state index in [-0.39, 0.29) is 17.2 Å². The number of alkyl halides is 4. The quantitative estimate of drug-likeness (QED) is 0.506. The van der Waals surface area contributed by atoms with Gasteiger partial charge in [-0.1, -0.05) is 22.0 Å². The van der Waals surface area contributed by atoms with Gasteiger partial charge in [0.05, 0.1) is 17.5 Å². The number of aromatic nitrogens is 1. The third-order valence-corrected chi connectivity index (χ3v) is 3.74. The van der Waals surface area contributed by atoms with Gasteiger partial charge in [-0.2, -0.15) is 13.2 Å². The average Bonchev–Trinajstić information content (AvgIpc) is 2.58. The number of pyridine rings is 1. The summed E-state index contributed by atoms with van der Waals surface area (Å²) >= 11 is 3.22. The summed E-state index contributed by atoms with van der Waals surface area (Å²) in [6, 6.07) is 6.94. The maximum absolute atomic E-state index is 12.5. The predicted octanol–water partition coefficient (Wildman–Crippen LogP) is 4.65. The highest BCUT2D eigenvalue weighted by Crippen LogP contribution is 2.29. The first-order valence-corrected chi connectivity index (χ1v) is 8.15. The molecule has 2 rings (SSSR count). The molecule has 134 valence electrons. The van der Waals surface area contributed by atoms with Gasteiger partial charge in [-0.3, -0.25) is 9.78 Å². The van der Waals surface area contributed by atoms with E-state index in [1.165, 1.54) is 13.2 Å². The molecule has 0 spiro atoms. The maximum Gasteiger partial charge on any atom is 0.433 e. The van der Waals surface area contributed by atoms with E-state index in [2.05, 4.69) is 20.9 Å². The summed E-state index contributed by atoms with van der Waals surface area (Å²) in [6.45, 7) is 1.75. The summed E-state index contributed by atoms with van der Waals surface area (Å²) in [7, 11) is 1.44. The standard InChI is InChI=1S/C17H15BrF3NO3/c1-10(18)16(23)13-5-4-12(7-14(13)24-2)25-9-11-3-6-15(22-8-11)17(19,20)21/h3-8,10H,9H2,1-2H3. The van der Waals surface area contributed by atoms with Gasteiger partial charge in [0.15, 0.2) is 5.78 Å². The summed E-state index contributed by atoms with van der Waals surface area (Å²) < 4.78 is 48.2. The molecule has 1 aromatic carbocycles. The molecule has 0 saturated carbocycles. The number of hydrogen-bond donors (Lipinski definition) is 0. The van der Waals surface area contributed by atoms with Crippen molar-refractivity contribution in [3.8, 4) is 11.5 Å². The first-order chi connectivity index (χ1) is 11.7. The van der Waals surface area contributed by atoms with Crippen molar-refractivity contribution in [1.82, 2.24) is 4.98 Å². The normalized spacial score (nSPS) is 12.6. The van der Waals surface area contributed by atoms with Gasteiger partial charge < -0.3 is 9.47 Å². The Balaban J connectivity index is 2.09. The Kier molecular flexibility index (Phi) is 6.05. The van der Waals surface area contributed by atoms with Crippen molar-refractivity contribution in [2.75, 3.05) is 7.11 Å². The Hall–Kier alpha value is -2.09. The van der Waals surface area contributed by atoms with Crippen LogP contribution in [-0.4, -0.2) is 22.7 Å². The molecule has 25 heavy (non-hydrogen) atoms. The molecule has 0 saturated heterocycles. The highest BCUT2D eigenvalue weighted by atomic mass is 79.9. The minimum absolute atomic E-state index is 0.0381. The maximum atomic E-state index is 12.5. The van der Waals surface area contributed by atoms with Crippen LogP contribution in [0.15, 0.2) is 36.5 Å². The number of rotatable bonds is 6. The van der Waals surface area contributed by atoms with Gasteiger partial charge in [-0.15, -0.1) is 0 Å². The molecule has 1 heterocycles. The minimum atomic E-state index is -4.47. The van der Waals surface area contributed by atoms with Gasteiger partial charge in [0.25, 0.3) is 0 Å². The monoisotopic (exact) mass is 417 g/mol. The number of halogens is 4. The Morgan fingerprint density at radius 3 is 2.52 bits per heavy atom. The number of ketones is 1. The lowest BCUT2D eigenvalue weighted by Crippen LogP contribution is -2.11. The number of methoxy groups -OCH3 is 1. The summed E-state index contributed by atoms with van der Waals surface area (Å²) in [5.41, 5.74) is -0.0544. The number of hydrogen-bond acceptors (Lipinski definition) is 4. The Labute approximate surface area is 151 Å². The van der Waals surface area contributed by atoms with E-state index in [9.17, 15) is 18.0 Å². The second-order valence-electron chi connectivity index (χ2n) is 5.18. The second-order valence-corrected chi connectivity index (χ2v) is 6.55. The van der Waals surface area contributed by atoms with Gasteiger partial charge in [-0.25, -0.2) is 0 Å². The van der Waals surface area contributed by atoms with E-state index in [4.69, 9.17) is 9.47 Å². The molecule has 8 heteroatoms. The van der Waals surface area contributed by atoms with Crippen molar-refractivity contribution in [2.45, 2.75) is 24.5 Å². The fraction of sp³-hybridized carbons (Fsp3) is 0.294. The molecule has 0 aliphatic carbocycles. The van der Waals surface area contributed by atoms with Crippen LogP contribution in [0.1, 0.15) is 28.5 Å². The number of carbonyl (C=O) groups excluding carboxylic acids is 1.